The van der Waals surface area contributed by atoms with Crippen LogP contribution in [0.5, 0.6) is 11.5 Å². The molecule has 0 fully saturated rings. The molecule has 2 aromatic carbocycles. The molecule has 0 spiro atoms. The third kappa shape index (κ3) is 8.34. The van der Waals surface area contributed by atoms with E-state index in [0.717, 1.165) is 23.4 Å². The summed E-state index contributed by atoms with van der Waals surface area (Å²) in [4.78, 5) is 28.1. The zero-order valence-corrected chi connectivity index (χ0v) is 22.8. The Morgan fingerprint density at radius 2 is 1.73 bits per heavy atom. The molecule has 11 heteroatoms. The van der Waals surface area contributed by atoms with E-state index in [9.17, 15) is 22.4 Å². The normalized spacial score (nSPS) is 11.9. The molecule has 2 aromatic rings. The lowest BCUT2D eigenvalue weighted by Gasteiger charge is -2.33. The number of nitrogens with one attached hydrogen (secondary N) is 1. The molecule has 2 rings (SSSR count). The number of sulfonamides is 1. The topological polar surface area (TPSA) is 105 Å². The van der Waals surface area contributed by atoms with Crippen LogP contribution in [0.1, 0.15) is 38.7 Å². The summed E-state index contributed by atoms with van der Waals surface area (Å²) < 4.78 is 50.6. The fraction of sp³-hybridized carbons (Fsp3) is 0.462. The first-order valence-electron chi connectivity index (χ1n) is 12.1. The van der Waals surface area contributed by atoms with Gasteiger partial charge in [0.2, 0.25) is 21.8 Å². The van der Waals surface area contributed by atoms with Crippen molar-refractivity contribution in [2.45, 2.75) is 45.7 Å². The third-order valence-electron chi connectivity index (χ3n) is 5.82. The maximum Gasteiger partial charge on any atom is 0.244 e. The number of carbonyl (C=O) groups excluding carboxylic acids is 2. The highest BCUT2D eigenvalue weighted by Gasteiger charge is 2.32. The SMILES string of the molecule is CCCCNC(=O)[C@@H](CC)N(Cc1ccc(F)cc1)C(=O)CN(c1ccc(OC)cc1OC)S(C)(=O)=O. The molecule has 1 N–H and O–H groups in total. The van der Waals surface area contributed by atoms with Crippen molar-refractivity contribution in [3.63, 3.8) is 0 Å². The van der Waals surface area contributed by atoms with Gasteiger partial charge < -0.3 is 19.7 Å². The van der Waals surface area contributed by atoms with E-state index in [1.165, 1.54) is 55.5 Å². The lowest BCUT2D eigenvalue weighted by Crippen LogP contribution is -2.52. The number of ether oxygens (including phenoxy) is 2. The van der Waals surface area contributed by atoms with Crippen molar-refractivity contribution in [2.75, 3.05) is 37.9 Å². The molecule has 0 heterocycles. The number of nitrogens with zero attached hydrogens (tertiary/aromatic N) is 2. The zero-order chi connectivity index (χ0) is 27.6. The Balaban J connectivity index is 2.46. The second-order valence-electron chi connectivity index (χ2n) is 8.52. The number of hydrogen-bond donors (Lipinski definition) is 1. The van der Waals surface area contributed by atoms with Crippen molar-refractivity contribution >= 4 is 27.5 Å². The van der Waals surface area contributed by atoms with Gasteiger partial charge in [0.15, 0.2) is 0 Å². The summed E-state index contributed by atoms with van der Waals surface area (Å²) in [5, 5.41) is 2.85. The van der Waals surface area contributed by atoms with Crippen LogP contribution in [0.3, 0.4) is 0 Å². The highest BCUT2D eigenvalue weighted by molar-refractivity contribution is 7.92. The zero-order valence-electron chi connectivity index (χ0n) is 22.0. The van der Waals surface area contributed by atoms with Crippen LogP contribution in [0.25, 0.3) is 0 Å². The minimum Gasteiger partial charge on any atom is -0.497 e. The molecule has 0 aliphatic rings. The van der Waals surface area contributed by atoms with Crippen molar-refractivity contribution in [1.29, 1.82) is 0 Å². The van der Waals surface area contributed by atoms with Gasteiger partial charge in [-0.05, 0) is 42.7 Å². The Morgan fingerprint density at radius 1 is 1.05 bits per heavy atom. The average molecular weight is 538 g/mol. The molecule has 37 heavy (non-hydrogen) atoms. The minimum absolute atomic E-state index is 0.00380. The highest BCUT2D eigenvalue weighted by Crippen LogP contribution is 2.33. The van der Waals surface area contributed by atoms with E-state index in [-0.39, 0.29) is 23.9 Å². The van der Waals surface area contributed by atoms with Gasteiger partial charge in [0.05, 0.1) is 26.2 Å². The first-order valence-corrected chi connectivity index (χ1v) is 13.9. The summed E-state index contributed by atoms with van der Waals surface area (Å²) in [6.45, 7) is 3.66. The number of rotatable bonds is 14. The molecule has 9 nitrogen and oxygen atoms in total. The fourth-order valence-corrected chi connectivity index (χ4v) is 4.65. The molecular weight excluding hydrogens is 501 g/mol. The monoisotopic (exact) mass is 537 g/mol. The number of unbranched alkanes of at least 4 members (excludes halogenated alkanes) is 1. The standard InChI is InChI=1S/C26H36FN3O6S/c1-6-8-15-28-26(32)22(7-2)29(17-19-9-11-20(27)12-10-19)25(31)18-30(37(5,33)34)23-14-13-21(35-3)16-24(23)36-4/h9-14,16,22H,6-8,15,17-18H2,1-5H3,(H,28,32)/t22-/m1/s1. The molecule has 0 aliphatic heterocycles. The highest BCUT2D eigenvalue weighted by atomic mass is 32.2. The van der Waals surface area contributed by atoms with Gasteiger partial charge in [-0.1, -0.05) is 32.4 Å². The Kier molecular flexibility index (Phi) is 11.2. The average Bonchev–Trinajstić information content (AvgIpc) is 2.87. The first-order chi connectivity index (χ1) is 17.5. The van der Waals surface area contributed by atoms with Crippen LogP contribution in [0.2, 0.25) is 0 Å². The van der Waals surface area contributed by atoms with E-state index in [1.54, 1.807) is 13.0 Å². The largest absolute Gasteiger partial charge is 0.497 e. The molecule has 204 valence electrons. The number of halogens is 1. The lowest BCUT2D eigenvalue weighted by molar-refractivity contribution is -0.140. The minimum atomic E-state index is -3.93. The number of anilines is 1. The van der Waals surface area contributed by atoms with Crippen molar-refractivity contribution in [3.8, 4) is 11.5 Å². The predicted octanol–water partition coefficient (Wildman–Crippen LogP) is 3.33. The van der Waals surface area contributed by atoms with Gasteiger partial charge in [0.1, 0.15) is 29.9 Å². The quantitative estimate of drug-likeness (QED) is 0.371. The van der Waals surface area contributed by atoms with E-state index in [0.29, 0.717) is 24.3 Å². The number of benzene rings is 2. The Hall–Kier alpha value is -3.34. The Labute approximate surface area is 218 Å². The molecule has 1 atom stereocenters. The van der Waals surface area contributed by atoms with Crippen LogP contribution in [0, 0.1) is 5.82 Å². The molecule has 0 saturated carbocycles. The van der Waals surface area contributed by atoms with Gasteiger partial charge in [-0.3, -0.25) is 13.9 Å². The van der Waals surface area contributed by atoms with E-state index in [1.807, 2.05) is 6.92 Å². The van der Waals surface area contributed by atoms with Gasteiger partial charge in [0.25, 0.3) is 0 Å². The number of carbonyl (C=O) groups is 2. The Morgan fingerprint density at radius 3 is 2.27 bits per heavy atom. The van der Waals surface area contributed by atoms with Crippen molar-refractivity contribution in [3.05, 3.63) is 53.8 Å². The van der Waals surface area contributed by atoms with Crippen molar-refractivity contribution in [1.82, 2.24) is 10.2 Å². The number of amides is 2. The van der Waals surface area contributed by atoms with E-state index in [4.69, 9.17) is 9.47 Å². The van der Waals surface area contributed by atoms with Gasteiger partial charge >= 0.3 is 0 Å². The van der Waals surface area contributed by atoms with Crippen LogP contribution in [-0.2, 0) is 26.2 Å². The third-order valence-corrected chi connectivity index (χ3v) is 6.94. The summed E-state index contributed by atoms with van der Waals surface area (Å²) in [5.74, 6) is -0.703. The maximum absolute atomic E-state index is 13.7. The molecule has 0 aliphatic carbocycles. The summed E-state index contributed by atoms with van der Waals surface area (Å²) in [5.41, 5.74) is 0.754. The van der Waals surface area contributed by atoms with Crippen LogP contribution >= 0.6 is 0 Å². The molecule has 0 radical (unpaired) electrons. The summed E-state index contributed by atoms with van der Waals surface area (Å²) >= 11 is 0. The van der Waals surface area contributed by atoms with Crippen molar-refractivity contribution in [2.24, 2.45) is 0 Å². The van der Waals surface area contributed by atoms with Gasteiger partial charge in [-0.15, -0.1) is 0 Å². The molecular formula is C26H36FN3O6S. The maximum atomic E-state index is 13.7. The van der Waals surface area contributed by atoms with Gasteiger partial charge in [-0.25, -0.2) is 12.8 Å². The second-order valence-corrected chi connectivity index (χ2v) is 10.4. The lowest BCUT2D eigenvalue weighted by atomic mass is 10.1. The summed E-state index contributed by atoms with van der Waals surface area (Å²) in [7, 11) is -1.08. The summed E-state index contributed by atoms with van der Waals surface area (Å²) in [6, 6.07) is 9.31. The fourth-order valence-electron chi connectivity index (χ4n) is 3.80. The van der Waals surface area contributed by atoms with Gasteiger partial charge in [-0.2, -0.15) is 0 Å². The van der Waals surface area contributed by atoms with E-state index < -0.39 is 34.3 Å². The molecule has 0 unspecified atom stereocenters. The van der Waals surface area contributed by atoms with Crippen LogP contribution in [0.15, 0.2) is 42.5 Å². The number of methoxy groups -OCH3 is 2. The number of hydrogen-bond acceptors (Lipinski definition) is 6. The molecule has 0 aromatic heterocycles. The van der Waals surface area contributed by atoms with Crippen LogP contribution in [-0.4, -0.2) is 64.7 Å². The van der Waals surface area contributed by atoms with E-state index in [2.05, 4.69) is 5.32 Å². The summed E-state index contributed by atoms with van der Waals surface area (Å²) in [6.07, 6.45) is 2.97. The predicted molar refractivity (Wildman–Crippen MR) is 141 cm³/mol. The van der Waals surface area contributed by atoms with Crippen molar-refractivity contribution < 1.29 is 31.9 Å². The smallest absolute Gasteiger partial charge is 0.244 e. The van der Waals surface area contributed by atoms with E-state index >= 15 is 0 Å². The van der Waals surface area contributed by atoms with Gasteiger partial charge in [0, 0.05) is 19.2 Å². The first kappa shape index (κ1) is 29.9. The molecule has 0 saturated heterocycles. The van der Waals surface area contributed by atoms with Crippen LogP contribution < -0.4 is 19.1 Å². The molecule has 0 bridgehead atoms. The molecule has 2 amide bonds. The second kappa shape index (κ2) is 13.8. The van der Waals surface area contributed by atoms with Crippen LogP contribution in [0.4, 0.5) is 10.1 Å². The Bertz CT molecular complexity index is 1160.